The van der Waals surface area contributed by atoms with E-state index in [1.165, 1.54) is 12.0 Å². The lowest BCUT2D eigenvalue weighted by molar-refractivity contribution is -0.143. The third-order valence-electron chi connectivity index (χ3n) is 6.96. The largest absolute Gasteiger partial charge is 0.493 e. The van der Waals surface area contributed by atoms with E-state index >= 15 is 0 Å². The number of carbonyl (C=O) groups is 1. The Kier molecular flexibility index (Phi) is 7.79. The molecule has 0 unspecified atom stereocenters. The summed E-state index contributed by atoms with van der Waals surface area (Å²) < 4.78 is 50.4. The van der Waals surface area contributed by atoms with Gasteiger partial charge in [0.05, 0.1) is 43.7 Å². The van der Waals surface area contributed by atoms with Gasteiger partial charge in [-0.1, -0.05) is 60.7 Å². The van der Waals surface area contributed by atoms with Crippen LogP contribution in [0.3, 0.4) is 0 Å². The third kappa shape index (κ3) is 6.12. The van der Waals surface area contributed by atoms with E-state index in [0.717, 1.165) is 11.1 Å². The number of fused-ring (bicyclic) bond motifs is 1. The average molecular weight is 551 g/mol. The maximum absolute atomic E-state index is 13.3. The smallest absolute Gasteiger partial charge is 0.401 e. The zero-order valence-electron chi connectivity index (χ0n) is 22.0. The third-order valence-corrected chi connectivity index (χ3v) is 6.96. The summed E-state index contributed by atoms with van der Waals surface area (Å²) in [5, 5.41) is 6.55. The number of nitrogens with one attached hydrogen (secondary N) is 2. The lowest BCUT2D eigenvalue weighted by Gasteiger charge is -2.21. The van der Waals surface area contributed by atoms with Crippen molar-refractivity contribution in [3.63, 3.8) is 0 Å². The van der Waals surface area contributed by atoms with Gasteiger partial charge in [0, 0.05) is 36.0 Å². The van der Waals surface area contributed by atoms with Gasteiger partial charge in [-0.05, 0) is 17.7 Å². The zero-order chi connectivity index (χ0) is 28.3. The molecule has 40 heavy (non-hydrogen) atoms. The van der Waals surface area contributed by atoms with Crippen molar-refractivity contribution in [3.05, 3.63) is 84.4 Å². The molecule has 2 N–H and O–H groups in total. The average Bonchev–Trinajstić information content (AvgIpc) is 3.32. The van der Waals surface area contributed by atoms with Crippen molar-refractivity contribution in [2.45, 2.75) is 18.1 Å². The van der Waals surface area contributed by atoms with E-state index in [2.05, 4.69) is 10.6 Å². The number of hydrogen-bond donors (Lipinski definition) is 2. The molecule has 2 atom stereocenters. The van der Waals surface area contributed by atoms with Crippen molar-refractivity contribution < 1.29 is 27.4 Å². The van der Waals surface area contributed by atoms with Gasteiger partial charge in [0.15, 0.2) is 11.5 Å². The standard InChI is InChI=1S/C30H29F3N4O3/c1-39-26-14-21-13-24(28(20-11-7-4-8-12-20)34-23(21)15-27(26)40-2)35-29(38)36-25-17-37(18-30(31,32)33)16-22(25)19-9-5-3-6-10-19/h3-15,22,25H,16-18H2,1-2H3,(H2,35,36,38)/t22-,25+/m0/s1. The molecule has 4 aromatic rings. The van der Waals surface area contributed by atoms with Crippen LogP contribution in [0.1, 0.15) is 11.5 Å². The van der Waals surface area contributed by atoms with Crippen LogP contribution in [0, 0.1) is 0 Å². The molecule has 208 valence electrons. The number of urea groups is 1. The van der Waals surface area contributed by atoms with Crippen molar-refractivity contribution >= 4 is 22.6 Å². The monoisotopic (exact) mass is 550 g/mol. The summed E-state index contributed by atoms with van der Waals surface area (Å²) in [6.07, 6.45) is -4.33. The summed E-state index contributed by atoms with van der Waals surface area (Å²) in [5.74, 6) is 0.743. The first-order valence-corrected chi connectivity index (χ1v) is 12.8. The Hall–Kier alpha value is -4.31. The number of carbonyl (C=O) groups excluding carboxylic acids is 1. The van der Waals surface area contributed by atoms with E-state index in [0.29, 0.717) is 33.8 Å². The first-order valence-electron chi connectivity index (χ1n) is 12.8. The van der Waals surface area contributed by atoms with Gasteiger partial charge in [-0.25, -0.2) is 9.78 Å². The molecule has 0 saturated carbocycles. The van der Waals surface area contributed by atoms with Crippen molar-refractivity contribution in [2.24, 2.45) is 0 Å². The topological polar surface area (TPSA) is 75.7 Å². The predicted octanol–water partition coefficient (Wildman–Crippen LogP) is 6.07. The number of halogens is 3. The Morgan fingerprint density at radius 3 is 2.25 bits per heavy atom. The number of aromatic nitrogens is 1. The molecule has 0 aliphatic carbocycles. The van der Waals surface area contributed by atoms with E-state index < -0.39 is 24.8 Å². The fourth-order valence-electron chi connectivity index (χ4n) is 5.19. The van der Waals surface area contributed by atoms with Gasteiger partial charge < -0.3 is 20.1 Å². The molecule has 1 aliphatic rings. The van der Waals surface area contributed by atoms with E-state index in [-0.39, 0.29) is 19.0 Å². The Morgan fingerprint density at radius 2 is 1.60 bits per heavy atom. The van der Waals surface area contributed by atoms with Crippen LogP contribution in [-0.2, 0) is 0 Å². The highest BCUT2D eigenvalue weighted by Crippen LogP contribution is 2.36. The molecule has 0 spiro atoms. The van der Waals surface area contributed by atoms with Gasteiger partial charge in [-0.3, -0.25) is 4.90 Å². The number of pyridine rings is 1. The van der Waals surface area contributed by atoms with Crippen LogP contribution in [-0.4, -0.2) is 62.0 Å². The number of benzene rings is 3. The van der Waals surface area contributed by atoms with Gasteiger partial charge in [0.25, 0.3) is 0 Å². The second-order valence-corrected chi connectivity index (χ2v) is 9.68. The molecule has 2 amide bonds. The van der Waals surface area contributed by atoms with Crippen LogP contribution in [0.2, 0.25) is 0 Å². The molecule has 1 fully saturated rings. The lowest BCUT2D eigenvalue weighted by Crippen LogP contribution is -2.43. The molecule has 3 aromatic carbocycles. The fraction of sp³-hybridized carbons (Fsp3) is 0.267. The lowest BCUT2D eigenvalue weighted by atomic mass is 9.94. The maximum Gasteiger partial charge on any atom is 0.401 e. The van der Waals surface area contributed by atoms with Crippen LogP contribution in [0.15, 0.2) is 78.9 Å². The summed E-state index contributed by atoms with van der Waals surface area (Å²) >= 11 is 0. The highest BCUT2D eigenvalue weighted by molar-refractivity contribution is 5.98. The second-order valence-electron chi connectivity index (χ2n) is 9.68. The normalized spacial score (nSPS) is 17.5. The highest BCUT2D eigenvalue weighted by Gasteiger charge is 2.40. The molecule has 0 bridgehead atoms. The molecule has 5 rings (SSSR count). The van der Waals surface area contributed by atoms with Crippen molar-refractivity contribution in [1.82, 2.24) is 15.2 Å². The maximum atomic E-state index is 13.3. The van der Waals surface area contributed by atoms with E-state index in [1.807, 2.05) is 60.7 Å². The molecule has 0 radical (unpaired) electrons. The summed E-state index contributed by atoms with van der Waals surface area (Å²) in [6, 6.07) is 23.0. The molecule has 7 nitrogen and oxygen atoms in total. The molecular weight excluding hydrogens is 521 g/mol. The number of anilines is 1. The van der Waals surface area contributed by atoms with Crippen LogP contribution >= 0.6 is 0 Å². The van der Waals surface area contributed by atoms with Gasteiger partial charge in [-0.2, -0.15) is 13.2 Å². The Bertz CT molecular complexity index is 1480. The van der Waals surface area contributed by atoms with E-state index in [4.69, 9.17) is 14.5 Å². The number of likely N-dealkylation sites (tertiary alicyclic amines) is 1. The summed E-state index contributed by atoms with van der Waals surface area (Å²) in [5.41, 5.74) is 3.29. The predicted molar refractivity (Wildman–Crippen MR) is 148 cm³/mol. The summed E-state index contributed by atoms with van der Waals surface area (Å²) in [7, 11) is 3.08. The van der Waals surface area contributed by atoms with E-state index in [1.54, 1.807) is 25.3 Å². The van der Waals surface area contributed by atoms with Crippen molar-refractivity contribution in [2.75, 3.05) is 39.2 Å². The van der Waals surface area contributed by atoms with Crippen LogP contribution in [0.4, 0.5) is 23.7 Å². The first kappa shape index (κ1) is 27.3. The minimum Gasteiger partial charge on any atom is -0.493 e. The van der Waals surface area contributed by atoms with E-state index in [9.17, 15) is 18.0 Å². The number of hydrogen-bond acceptors (Lipinski definition) is 5. The summed E-state index contributed by atoms with van der Waals surface area (Å²) in [4.78, 5) is 19.5. The SMILES string of the molecule is COc1cc2cc(NC(=O)N[C@@H]3CN(CC(F)(F)F)C[C@H]3c3ccccc3)c(-c3ccccc3)nc2cc1OC. The van der Waals surface area contributed by atoms with Gasteiger partial charge in [0.1, 0.15) is 0 Å². The quantitative estimate of drug-likeness (QED) is 0.292. The van der Waals surface area contributed by atoms with Gasteiger partial charge in [-0.15, -0.1) is 0 Å². The number of alkyl halides is 3. The van der Waals surface area contributed by atoms with Gasteiger partial charge in [0.2, 0.25) is 0 Å². The van der Waals surface area contributed by atoms with Crippen LogP contribution in [0.25, 0.3) is 22.2 Å². The van der Waals surface area contributed by atoms with Crippen molar-refractivity contribution in [3.8, 4) is 22.8 Å². The van der Waals surface area contributed by atoms with Crippen molar-refractivity contribution in [1.29, 1.82) is 0 Å². The number of nitrogens with zero attached hydrogens (tertiary/aromatic N) is 2. The van der Waals surface area contributed by atoms with Crippen LogP contribution < -0.4 is 20.1 Å². The second kappa shape index (κ2) is 11.4. The molecule has 1 aromatic heterocycles. The number of methoxy groups -OCH3 is 2. The Labute approximate surface area is 229 Å². The number of rotatable bonds is 7. The molecular formula is C30H29F3N4O3. The minimum atomic E-state index is -4.33. The first-order chi connectivity index (χ1) is 19.2. The highest BCUT2D eigenvalue weighted by atomic mass is 19.4. The Balaban J connectivity index is 1.45. The fourth-order valence-corrected chi connectivity index (χ4v) is 5.19. The molecule has 2 heterocycles. The minimum absolute atomic E-state index is 0.0744. The number of amides is 2. The molecule has 1 saturated heterocycles. The Morgan fingerprint density at radius 1 is 0.950 bits per heavy atom. The van der Waals surface area contributed by atoms with Gasteiger partial charge >= 0.3 is 12.2 Å². The summed E-state index contributed by atoms with van der Waals surface area (Å²) in [6.45, 7) is -0.776. The zero-order valence-corrected chi connectivity index (χ0v) is 22.0. The molecule has 10 heteroatoms. The molecule has 1 aliphatic heterocycles. The van der Waals surface area contributed by atoms with Crippen LogP contribution in [0.5, 0.6) is 11.5 Å². The number of ether oxygens (including phenoxy) is 2.